The minimum Gasteiger partial charge on any atom is -0.478 e. The summed E-state index contributed by atoms with van der Waals surface area (Å²) in [7, 11) is 0. The van der Waals surface area contributed by atoms with E-state index in [1.807, 2.05) is 0 Å². The van der Waals surface area contributed by atoms with Gasteiger partial charge >= 0.3 is 5.97 Å². The third-order valence-corrected chi connectivity index (χ3v) is 3.37. The molecule has 6 heteroatoms. The van der Waals surface area contributed by atoms with Gasteiger partial charge in [-0.1, -0.05) is 0 Å². The molecule has 1 N–H and O–H groups in total. The van der Waals surface area contributed by atoms with Gasteiger partial charge in [0.2, 0.25) is 0 Å². The lowest BCUT2D eigenvalue weighted by Gasteiger charge is -2.21. The Morgan fingerprint density at radius 3 is 2.25 bits per heavy atom. The van der Waals surface area contributed by atoms with Crippen molar-refractivity contribution in [2.24, 2.45) is 5.92 Å². The normalized spacial score (nSPS) is 14.2. The molecular formula is C14H15F2NO3. The molecule has 0 bridgehead atoms. The number of aromatic carboxylic acids is 1. The van der Waals surface area contributed by atoms with Crippen molar-refractivity contribution in [2.75, 3.05) is 13.1 Å². The fraction of sp³-hybridized carbons (Fsp3) is 0.429. The molecule has 2 rings (SSSR count). The zero-order chi connectivity index (χ0) is 14.9. The molecule has 0 spiro atoms. The lowest BCUT2D eigenvalue weighted by Crippen LogP contribution is -2.34. The minimum absolute atomic E-state index is 0.307. The van der Waals surface area contributed by atoms with Crippen LogP contribution in [0.25, 0.3) is 0 Å². The summed E-state index contributed by atoms with van der Waals surface area (Å²) in [5, 5.41) is 9.02. The van der Waals surface area contributed by atoms with Crippen LogP contribution in [0.4, 0.5) is 8.78 Å². The summed E-state index contributed by atoms with van der Waals surface area (Å²) in [5.41, 5.74) is -0.818. The van der Waals surface area contributed by atoms with Gasteiger partial charge in [0, 0.05) is 13.1 Å². The third-order valence-electron chi connectivity index (χ3n) is 3.37. The zero-order valence-electron chi connectivity index (χ0n) is 11.0. The van der Waals surface area contributed by atoms with Crippen LogP contribution in [0, 0.1) is 17.6 Å². The molecule has 0 saturated heterocycles. The summed E-state index contributed by atoms with van der Waals surface area (Å²) >= 11 is 0. The Morgan fingerprint density at radius 1 is 1.25 bits per heavy atom. The first-order valence-corrected chi connectivity index (χ1v) is 6.45. The number of amides is 1. The van der Waals surface area contributed by atoms with Crippen molar-refractivity contribution < 1.29 is 23.5 Å². The van der Waals surface area contributed by atoms with Gasteiger partial charge in [-0.05, 0) is 37.8 Å². The van der Waals surface area contributed by atoms with Crippen molar-refractivity contribution in [3.8, 4) is 0 Å². The van der Waals surface area contributed by atoms with Crippen molar-refractivity contribution in [1.29, 1.82) is 0 Å². The molecule has 1 saturated carbocycles. The van der Waals surface area contributed by atoms with E-state index >= 15 is 0 Å². The van der Waals surface area contributed by atoms with Gasteiger partial charge in [-0.2, -0.15) is 0 Å². The van der Waals surface area contributed by atoms with E-state index in [2.05, 4.69) is 0 Å². The summed E-state index contributed by atoms with van der Waals surface area (Å²) in [6, 6.07) is 1.21. The SMILES string of the molecule is CCN(CC1CC1)C(=O)c1cc(F)c(F)cc1C(=O)O. The number of carboxylic acids is 1. The van der Waals surface area contributed by atoms with Gasteiger partial charge in [0.15, 0.2) is 11.6 Å². The van der Waals surface area contributed by atoms with Crippen LogP contribution in [-0.2, 0) is 0 Å². The monoisotopic (exact) mass is 283 g/mol. The molecule has 1 amide bonds. The Kier molecular flexibility index (Phi) is 4.01. The first-order chi connectivity index (χ1) is 9.43. The fourth-order valence-corrected chi connectivity index (χ4v) is 2.04. The van der Waals surface area contributed by atoms with E-state index in [0.29, 0.717) is 31.1 Å². The van der Waals surface area contributed by atoms with E-state index in [4.69, 9.17) is 5.11 Å². The van der Waals surface area contributed by atoms with Gasteiger partial charge in [-0.3, -0.25) is 4.79 Å². The summed E-state index contributed by atoms with van der Waals surface area (Å²) in [6.45, 7) is 2.68. The standard InChI is InChI=1S/C14H15F2NO3/c1-2-17(7-8-3-4-8)13(18)9-5-11(15)12(16)6-10(9)14(19)20/h5-6,8H,2-4,7H2,1H3,(H,19,20). The second kappa shape index (κ2) is 5.56. The molecule has 0 aromatic heterocycles. The van der Waals surface area contributed by atoms with Crippen LogP contribution in [0.2, 0.25) is 0 Å². The Hall–Kier alpha value is -1.98. The summed E-state index contributed by atoms with van der Waals surface area (Å²) in [6.07, 6.45) is 2.07. The average molecular weight is 283 g/mol. The quantitative estimate of drug-likeness (QED) is 0.903. The van der Waals surface area contributed by atoms with Crippen molar-refractivity contribution in [1.82, 2.24) is 4.90 Å². The number of hydrogen-bond donors (Lipinski definition) is 1. The van der Waals surface area contributed by atoms with Crippen LogP contribution in [-0.4, -0.2) is 35.0 Å². The van der Waals surface area contributed by atoms with Gasteiger partial charge in [0.1, 0.15) is 0 Å². The predicted octanol–water partition coefficient (Wildman–Crippen LogP) is 2.54. The Balaban J connectivity index is 2.35. The van der Waals surface area contributed by atoms with Gasteiger partial charge < -0.3 is 10.0 Å². The molecule has 0 unspecified atom stereocenters. The highest BCUT2D eigenvalue weighted by atomic mass is 19.2. The van der Waals surface area contributed by atoms with Crippen molar-refractivity contribution in [2.45, 2.75) is 19.8 Å². The number of carbonyl (C=O) groups excluding carboxylic acids is 1. The molecule has 0 aliphatic heterocycles. The lowest BCUT2D eigenvalue weighted by atomic mass is 10.1. The Labute approximate surface area is 115 Å². The van der Waals surface area contributed by atoms with Crippen molar-refractivity contribution >= 4 is 11.9 Å². The number of hydrogen-bond acceptors (Lipinski definition) is 2. The maximum Gasteiger partial charge on any atom is 0.336 e. The van der Waals surface area contributed by atoms with Crippen LogP contribution in [0.1, 0.15) is 40.5 Å². The Morgan fingerprint density at radius 2 is 1.80 bits per heavy atom. The molecule has 0 atom stereocenters. The van der Waals surface area contributed by atoms with E-state index < -0.39 is 29.1 Å². The number of carboxylic acid groups (broad SMARTS) is 1. The molecule has 108 valence electrons. The average Bonchev–Trinajstić information content (AvgIpc) is 3.21. The highest BCUT2D eigenvalue weighted by Crippen LogP contribution is 2.30. The first-order valence-electron chi connectivity index (χ1n) is 6.45. The van der Waals surface area contributed by atoms with Crippen LogP contribution >= 0.6 is 0 Å². The van der Waals surface area contributed by atoms with Crippen LogP contribution in [0.3, 0.4) is 0 Å². The number of rotatable bonds is 5. The second-order valence-electron chi connectivity index (χ2n) is 4.90. The number of halogens is 2. The van der Waals surface area contributed by atoms with E-state index in [9.17, 15) is 18.4 Å². The van der Waals surface area contributed by atoms with E-state index in [1.54, 1.807) is 6.92 Å². The highest BCUT2D eigenvalue weighted by molar-refractivity contribution is 6.04. The Bertz CT molecular complexity index is 556. The number of nitrogens with zero attached hydrogens (tertiary/aromatic N) is 1. The van der Waals surface area contributed by atoms with Gasteiger partial charge in [-0.25, -0.2) is 13.6 Å². The van der Waals surface area contributed by atoms with Crippen LogP contribution < -0.4 is 0 Å². The lowest BCUT2D eigenvalue weighted by molar-refractivity contribution is 0.0674. The highest BCUT2D eigenvalue weighted by Gasteiger charge is 2.29. The third kappa shape index (κ3) is 2.95. The fourth-order valence-electron chi connectivity index (χ4n) is 2.04. The zero-order valence-corrected chi connectivity index (χ0v) is 11.0. The maximum atomic E-state index is 13.3. The summed E-state index contributed by atoms with van der Waals surface area (Å²) in [5.74, 6) is -4.09. The first kappa shape index (κ1) is 14.4. The second-order valence-corrected chi connectivity index (χ2v) is 4.90. The molecule has 1 aromatic carbocycles. The number of carbonyl (C=O) groups is 2. The summed E-state index contributed by atoms with van der Waals surface area (Å²) < 4.78 is 26.4. The molecule has 0 radical (unpaired) electrons. The molecule has 1 aromatic rings. The molecule has 1 fully saturated rings. The molecule has 1 aliphatic carbocycles. The summed E-state index contributed by atoms with van der Waals surface area (Å²) in [4.78, 5) is 24.8. The van der Waals surface area contributed by atoms with Crippen LogP contribution in [0.15, 0.2) is 12.1 Å². The molecule has 20 heavy (non-hydrogen) atoms. The maximum absolute atomic E-state index is 13.3. The minimum atomic E-state index is -1.45. The van der Waals surface area contributed by atoms with Crippen LogP contribution in [0.5, 0.6) is 0 Å². The van der Waals surface area contributed by atoms with Gasteiger partial charge in [0.25, 0.3) is 5.91 Å². The van der Waals surface area contributed by atoms with E-state index in [-0.39, 0.29) is 5.56 Å². The predicted molar refractivity (Wildman–Crippen MR) is 67.6 cm³/mol. The van der Waals surface area contributed by atoms with Gasteiger partial charge in [0.05, 0.1) is 11.1 Å². The molecule has 0 heterocycles. The van der Waals surface area contributed by atoms with E-state index in [1.165, 1.54) is 4.90 Å². The van der Waals surface area contributed by atoms with E-state index in [0.717, 1.165) is 12.8 Å². The molecular weight excluding hydrogens is 268 g/mol. The molecule has 1 aliphatic rings. The topological polar surface area (TPSA) is 57.6 Å². The van der Waals surface area contributed by atoms with Gasteiger partial charge in [-0.15, -0.1) is 0 Å². The number of benzene rings is 1. The smallest absolute Gasteiger partial charge is 0.336 e. The van der Waals surface area contributed by atoms with Crippen molar-refractivity contribution in [3.63, 3.8) is 0 Å². The largest absolute Gasteiger partial charge is 0.478 e. The van der Waals surface area contributed by atoms with Crippen molar-refractivity contribution in [3.05, 3.63) is 34.9 Å². The molecule has 4 nitrogen and oxygen atoms in total.